The van der Waals surface area contributed by atoms with E-state index in [2.05, 4.69) is 16.0 Å². The minimum absolute atomic E-state index is 0.0165. The zero-order valence-corrected chi connectivity index (χ0v) is 14.6. The molecule has 0 aliphatic carbocycles. The number of carbonyl (C=O) groups is 2. The number of hydrogen-bond acceptors (Lipinski definition) is 3. The number of anilines is 2. The normalized spacial score (nSPS) is 10.9. The van der Waals surface area contributed by atoms with Crippen LogP contribution in [-0.4, -0.2) is 19.0 Å². The van der Waals surface area contributed by atoms with Gasteiger partial charge in [0.25, 0.3) is 0 Å². The topological polar surface area (TPSA) is 79.5 Å². The molecule has 0 bridgehead atoms. The first-order valence-electron chi connectivity index (χ1n) is 7.85. The van der Waals surface area contributed by atoms with Crippen molar-refractivity contribution in [3.63, 3.8) is 0 Å². The maximum atomic E-state index is 13.3. The summed E-state index contributed by atoms with van der Waals surface area (Å²) in [6, 6.07) is 9.23. The maximum Gasteiger partial charge on any atom is 0.418 e. The summed E-state index contributed by atoms with van der Waals surface area (Å²) < 4.78 is 44.8. The molecule has 0 aliphatic heterocycles. The molecule has 0 atom stereocenters. The van der Waals surface area contributed by atoms with Crippen LogP contribution in [0.1, 0.15) is 18.1 Å². The lowest BCUT2D eigenvalue weighted by atomic mass is 10.1. The third-order valence-corrected chi connectivity index (χ3v) is 3.48. The Labute approximate surface area is 153 Å². The van der Waals surface area contributed by atoms with Crippen molar-refractivity contribution in [3.05, 3.63) is 53.6 Å². The first kappa shape index (κ1) is 20.1. The number of methoxy groups -OCH3 is 1. The molecule has 3 amide bonds. The summed E-state index contributed by atoms with van der Waals surface area (Å²) >= 11 is 0. The fraction of sp³-hybridized carbons (Fsp3) is 0.222. The molecule has 6 nitrogen and oxygen atoms in total. The van der Waals surface area contributed by atoms with E-state index in [1.807, 2.05) is 0 Å². The van der Waals surface area contributed by atoms with Crippen LogP contribution in [0.4, 0.5) is 29.3 Å². The molecule has 0 unspecified atom stereocenters. The Hall–Kier alpha value is -3.23. The number of rotatable bonds is 5. The number of amides is 3. The van der Waals surface area contributed by atoms with Gasteiger partial charge in [0.1, 0.15) is 5.75 Å². The van der Waals surface area contributed by atoms with Crippen LogP contribution in [-0.2, 0) is 17.5 Å². The van der Waals surface area contributed by atoms with Gasteiger partial charge in [-0.2, -0.15) is 13.2 Å². The molecule has 2 rings (SSSR count). The largest absolute Gasteiger partial charge is 0.497 e. The minimum Gasteiger partial charge on any atom is -0.497 e. The molecule has 144 valence electrons. The first-order valence-corrected chi connectivity index (χ1v) is 7.85. The number of benzene rings is 2. The summed E-state index contributed by atoms with van der Waals surface area (Å²) in [6.07, 6.45) is -4.70. The lowest BCUT2D eigenvalue weighted by molar-refractivity contribution is -0.137. The zero-order chi connectivity index (χ0) is 20.0. The van der Waals surface area contributed by atoms with Crippen molar-refractivity contribution in [2.45, 2.75) is 19.6 Å². The van der Waals surface area contributed by atoms with E-state index in [1.165, 1.54) is 20.1 Å². The number of nitrogens with one attached hydrogen (secondary N) is 3. The molecule has 0 aromatic heterocycles. The van der Waals surface area contributed by atoms with Gasteiger partial charge in [0, 0.05) is 19.2 Å². The summed E-state index contributed by atoms with van der Waals surface area (Å²) in [6.45, 7) is 1.29. The average Bonchev–Trinajstić information content (AvgIpc) is 2.60. The Morgan fingerprint density at radius 1 is 1.07 bits per heavy atom. The maximum absolute atomic E-state index is 13.3. The van der Waals surface area contributed by atoms with Crippen LogP contribution < -0.4 is 20.7 Å². The second kappa shape index (κ2) is 8.43. The van der Waals surface area contributed by atoms with Crippen molar-refractivity contribution < 1.29 is 27.5 Å². The van der Waals surface area contributed by atoms with Gasteiger partial charge in [0.05, 0.1) is 18.4 Å². The molecular formula is C18H18F3N3O3. The summed E-state index contributed by atoms with van der Waals surface area (Å²) in [4.78, 5) is 23.0. The van der Waals surface area contributed by atoms with Gasteiger partial charge in [0.2, 0.25) is 5.91 Å². The van der Waals surface area contributed by atoms with Crippen LogP contribution in [0, 0.1) is 0 Å². The standard InChI is InChI=1S/C18H18F3N3O3/c1-11(25)23-13-6-7-16(15(9-13)18(19,20)21)24-17(26)22-10-12-4-3-5-14(8-12)27-2/h3-9H,10H2,1-2H3,(H,23,25)(H2,22,24,26). The van der Waals surface area contributed by atoms with E-state index in [1.54, 1.807) is 24.3 Å². The van der Waals surface area contributed by atoms with Gasteiger partial charge < -0.3 is 20.7 Å². The molecule has 0 fully saturated rings. The summed E-state index contributed by atoms with van der Waals surface area (Å²) in [5.41, 5.74) is -0.774. The van der Waals surface area contributed by atoms with Crippen molar-refractivity contribution in [2.75, 3.05) is 17.7 Å². The van der Waals surface area contributed by atoms with E-state index in [0.29, 0.717) is 5.75 Å². The Morgan fingerprint density at radius 2 is 1.81 bits per heavy atom. The molecule has 3 N–H and O–H groups in total. The molecule has 0 aliphatic rings. The van der Waals surface area contributed by atoms with Gasteiger partial charge in [-0.25, -0.2) is 4.79 Å². The predicted molar refractivity (Wildman–Crippen MR) is 94.6 cm³/mol. The van der Waals surface area contributed by atoms with Gasteiger partial charge >= 0.3 is 12.2 Å². The number of ether oxygens (including phenoxy) is 1. The fourth-order valence-corrected chi connectivity index (χ4v) is 2.30. The highest BCUT2D eigenvalue weighted by molar-refractivity contribution is 5.92. The van der Waals surface area contributed by atoms with Crippen molar-refractivity contribution in [3.8, 4) is 5.75 Å². The lowest BCUT2D eigenvalue weighted by Crippen LogP contribution is -2.29. The van der Waals surface area contributed by atoms with Crippen LogP contribution in [0.25, 0.3) is 0 Å². The van der Waals surface area contributed by atoms with Gasteiger partial charge in [-0.15, -0.1) is 0 Å². The fourth-order valence-electron chi connectivity index (χ4n) is 2.30. The Balaban J connectivity index is 2.10. The molecule has 2 aromatic rings. The molecule has 0 saturated carbocycles. The SMILES string of the molecule is COc1cccc(CNC(=O)Nc2ccc(NC(C)=O)cc2C(F)(F)F)c1. The zero-order valence-electron chi connectivity index (χ0n) is 14.6. The van der Waals surface area contributed by atoms with Gasteiger partial charge in [0.15, 0.2) is 0 Å². The van der Waals surface area contributed by atoms with Crippen molar-refractivity contribution in [1.82, 2.24) is 5.32 Å². The van der Waals surface area contributed by atoms with Crippen molar-refractivity contribution in [2.24, 2.45) is 0 Å². The van der Waals surface area contributed by atoms with Crippen LogP contribution in [0.15, 0.2) is 42.5 Å². The Morgan fingerprint density at radius 3 is 2.44 bits per heavy atom. The third kappa shape index (κ3) is 5.91. The average molecular weight is 381 g/mol. The number of urea groups is 1. The monoisotopic (exact) mass is 381 g/mol. The highest BCUT2D eigenvalue weighted by atomic mass is 19.4. The van der Waals surface area contributed by atoms with E-state index in [4.69, 9.17) is 4.74 Å². The molecule has 0 saturated heterocycles. The summed E-state index contributed by atoms with van der Waals surface area (Å²) in [5.74, 6) is 0.0995. The van der Waals surface area contributed by atoms with Crippen molar-refractivity contribution >= 4 is 23.3 Å². The molecule has 0 radical (unpaired) electrons. The molecule has 9 heteroatoms. The van der Waals surface area contributed by atoms with Crippen LogP contribution in [0.3, 0.4) is 0 Å². The number of hydrogen-bond donors (Lipinski definition) is 3. The van der Waals surface area contributed by atoms with Crippen LogP contribution in [0.5, 0.6) is 5.75 Å². The Bertz CT molecular complexity index is 838. The first-order chi connectivity index (χ1) is 12.7. The van der Waals surface area contributed by atoms with Crippen LogP contribution in [0.2, 0.25) is 0 Å². The highest BCUT2D eigenvalue weighted by Gasteiger charge is 2.34. The second-order valence-corrected chi connectivity index (χ2v) is 5.60. The quantitative estimate of drug-likeness (QED) is 0.733. The summed E-state index contributed by atoms with van der Waals surface area (Å²) in [5, 5.41) is 6.94. The van der Waals surface area contributed by atoms with Gasteiger partial charge in [-0.05, 0) is 35.9 Å². The highest BCUT2D eigenvalue weighted by Crippen LogP contribution is 2.36. The molecule has 27 heavy (non-hydrogen) atoms. The number of halogens is 3. The Kier molecular flexibility index (Phi) is 6.27. The molecule has 0 heterocycles. The van der Waals surface area contributed by atoms with E-state index < -0.39 is 29.4 Å². The van der Waals surface area contributed by atoms with Crippen molar-refractivity contribution in [1.29, 1.82) is 0 Å². The molecule has 0 spiro atoms. The van der Waals surface area contributed by atoms with E-state index in [9.17, 15) is 22.8 Å². The molecular weight excluding hydrogens is 363 g/mol. The number of carbonyl (C=O) groups excluding carboxylic acids is 2. The predicted octanol–water partition coefficient (Wildman–Crippen LogP) is 3.99. The van der Waals surface area contributed by atoms with Crippen LogP contribution >= 0.6 is 0 Å². The smallest absolute Gasteiger partial charge is 0.418 e. The number of alkyl halides is 3. The lowest BCUT2D eigenvalue weighted by Gasteiger charge is -2.16. The van der Waals surface area contributed by atoms with Gasteiger partial charge in [-0.1, -0.05) is 12.1 Å². The van der Waals surface area contributed by atoms with Gasteiger partial charge in [-0.3, -0.25) is 4.79 Å². The van der Waals surface area contributed by atoms with E-state index in [0.717, 1.165) is 17.7 Å². The molecule has 2 aromatic carbocycles. The second-order valence-electron chi connectivity index (χ2n) is 5.60. The van der Waals surface area contributed by atoms with E-state index in [-0.39, 0.29) is 12.2 Å². The summed E-state index contributed by atoms with van der Waals surface area (Å²) in [7, 11) is 1.50. The van der Waals surface area contributed by atoms with E-state index >= 15 is 0 Å². The minimum atomic E-state index is -4.70. The third-order valence-electron chi connectivity index (χ3n) is 3.48.